The van der Waals surface area contributed by atoms with Crippen LogP contribution < -0.4 is 10.9 Å². The number of nitrogens with zero attached hydrogens (tertiary/aromatic N) is 3. The smallest absolute Gasteiger partial charge is 0.164 e. The first-order chi connectivity index (χ1) is 9.20. The van der Waals surface area contributed by atoms with Crippen LogP contribution in [0, 0.1) is 23.7 Å². The molecule has 4 aliphatic carbocycles. The first-order valence-corrected chi connectivity index (χ1v) is 7.52. The molecule has 1 aromatic rings. The number of nitrogens with two attached hydrogens (primary N) is 1. The van der Waals surface area contributed by atoms with Gasteiger partial charge in [-0.1, -0.05) is 0 Å². The van der Waals surface area contributed by atoms with Gasteiger partial charge in [-0.05, 0) is 67.9 Å². The maximum absolute atomic E-state index is 5.69. The van der Waals surface area contributed by atoms with Gasteiger partial charge < -0.3 is 0 Å². The van der Waals surface area contributed by atoms with E-state index in [1.807, 2.05) is 6.07 Å². The monoisotopic (exact) mass is 258 g/mol. The highest BCUT2D eigenvalue weighted by Crippen LogP contribution is 2.59. The minimum absolute atomic E-state index is 0.664. The summed E-state index contributed by atoms with van der Waals surface area (Å²) in [6.45, 7) is 0. The summed E-state index contributed by atoms with van der Waals surface area (Å²) in [4.78, 5) is 0. The molecule has 4 heteroatoms. The lowest BCUT2D eigenvalue weighted by Crippen LogP contribution is -2.44. The van der Waals surface area contributed by atoms with Gasteiger partial charge in [-0.3, -0.25) is 5.01 Å². The molecule has 0 unspecified atom stereocenters. The molecule has 0 aliphatic heterocycles. The quantitative estimate of drug-likeness (QED) is 0.653. The van der Waals surface area contributed by atoms with E-state index in [1.165, 1.54) is 42.8 Å². The predicted octanol–water partition coefficient (Wildman–Crippen LogP) is 2.33. The van der Waals surface area contributed by atoms with Gasteiger partial charge in [0.2, 0.25) is 0 Å². The number of rotatable bonds is 2. The molecule has 4 saturated carbocycles. The topological polar surface area (TPSA) is 55.0 Å². The van der Waals surface area contributed by atoms with Crippen LogP contribution in [-0.2, 0) is 0 Å². The largest absolute Gasteiger partial charge is 0.297 e. The molecule has 2 N–H and O–H groups in total. The van der Waals surface area contributed by atoms with Crippen LogP contribution >= 0.6 is 0 Å². The molecule has 4 bridgehead atoms. The molecule has 1 heterocycles. The summed E-state index contributed by atoms with van der Waals surface area (Å²) in [7, 11) is 1.80. The Hall–Kier alpha value is -1.16. The van der Waals surface area contributed by atoms with Gasteiger partial charge in [0.25, 0.3) is 0 Å². The van der Waals surface area contributed by atoms with Crippen LogP contribution in [0.1, 0.15) is 43.7 Å². The molecule has 0 atom stereocenters. The maximum Gasteiger partial charge on any atom is 0.164 e. The summed E-state index contributed by atoms with van der Waals surface area (Å²) >= 11 is 0. The van der Waals surface area contributed by atoms with Crippen LogP contribution in [0.5, 0.6) is 0 Å². The molecule has 19 heavy (non-hydrogen) atoms. The van der Waals surface area contributed by atoms with Crippen molar-refractivity contribution >= 4 is 5.82 Å². The molecular weight excluding hydrogens is 236 g/mol. The second-order valence-electron chi connectivity index (χ2n) is 6.88. The van der Waals surface area contributed by atoms with Crippen molar-refractivity contribution < 1.29 is 0 Å². The fraction of sp³-hybridized carbons (Fsp3) is 0.733. The van der Waals surface area contributed by atoms with Crippen molar-refractivity contribution in [3.05, 3.63) is 17.8 Å². The Balaban J connectivity index is 1.62. The Labute approximate surface area is 114 Å². The van der Waals surface area contributed by atoms with E-state index < -0.39 is 0 Å². The van der Waals surface area contributed by atoms with E-state index in [-0.39, 0.29) is 0 Å². The molecule has 0 spiro atoms. The van der Waals surface area contributed by atoms with E-state index in [2.05, 4.69) is 16.3 Å². The number of anilines is 1. The van der Waals surface area contributed by atoms with Crippen LogP contribution in [0.15, 0.2) is 12.1 Å². The second-order valence-corrected chi connectivity index (χ2v) is 6.88. The zero-order valence-electron chi connectivity index (χ0n) is 11.5. The molecule has 1 aromatic heterocycles. The fourth-order valence-corrected chi connectivity index (χ4v) is 5.11. The second kappa shape index (κ2) is 4.17. The van der Waals surface area contributed by atoms with Gasteiger partial charge in [-0.25, -0.2) is 5.84 Å². The molecule has 4 nitrogen and oxygen atoms in total. The van der Waals surface area contributed by atoms with Crippen molar-refractivity contribution in [1.82, 2.24) is 10.2 Å². The van der Waals surface area contributed by atoms with E-state index in [4.69, 9.17) is 5.84 Å². The van der Waals surface area contributed by atoms with Gasteiger partial charge in [-0.2, -0.15) is 5.10 Å². The Bertz CT molecular complexity index is 440. The molecule has 4 aliphatic rings. The first kappa shape index (κ1) is 11.6. The van der Waals surface area contributed by atoms with Crippen molar-refractivity contribution in [2.75, 3.05) is 12.1 Å². The summed E-state index contributed by atoms with van der Waals surface area (Å²) in [5.41, 5.74) is 1.21. The Morgan fingerprint density at radius 2 is 1.63 bits per heavy atom. The van der Waals surface area contributed by atoms with Gasteiger partial charge in [-0.15, -0.1) is 5.10 Å². The molecule has 0 radical (unpaired) electrons. The Morgan fingerprint density at radius 3 is 2.11 bits per heavy atom. The number of hydrogen-bond acceptors (Lipinski definition) is 4. The van der Waals surface area contributed by atoms with Crippen LogP contribution in [0.2, 0.25) is 0 Å². The highest BCUT2D eigenvalue weighted by molar-refractivity contribution is 5.34. The molecule has 102 valence electrons. The van der Waals surface area contributed by atoms with Gasteiger partial charge in [0, 0.05) is 13.0 Å². The van der Waals surface area contributed by atoms with E-state index in [0.29, 0.717) is 5.92 Å². The first-order valence-electron chi connectivity index (χ1n) is 7.52. The standard InChI is InChI=1S/C15H22N4/c1-19(16)14-3-2-13(17-18-14)15-11-5-9-4-10(7-11)8-12(15)6-9/h2-3,9-12,15H,4-8,16H2,1H3. The lowest BCUT2D eigenvalue weighted by molar-refractivity contribution is -0.00442. The summed E-state index contributed by atoms with van der Waals surface area (Å²) in [6, 6.07) is 4.16. The van der Waals surface area contributed by atoms with Crippen molar-refractivity contribution in [1.29, 1.82) is 0 Å². The van der Waals surface area contributed by atoms with Crippen molar-refractivity contribution in [2.24, 2.45) is 29.5 Å². The number of hydrogen-bond donors (Lipinski definition) is 1. The van der Waals surface area contributed by atoms with Crippen molar-refractivity contribution in [3.63, 3.8) is 0 Å². The minimum atomic E-state index is 0.664. The molecule has 0 aromatic carbocycles. The average Bonchev–Trinajstić information content (AvgIpc) is 2.38. The Kier molecular flexibility index (Phi) is 2.56. The normalized spacial score (nSPS) is 39.6. The highest BCUT2D eigenvalue weighted by Gasteiger charge is 2.49. The summed E-state index contributed by atoms with van der Waals surface area (Å²) in [5.74, 6) is 10.9. The van der Waals surface area contributed by atoms with E-state index in [1.54, 1.807) is 7.05 Å². The van der Waals surface area contributed by atoms with Gasteiger partial charge in [0.05, 0.1) is 5.69 Å². The third kappa shape index (κ3) is 1.84. The molecular formula is C15H22N4. The molecule has 0 amide bonds. The molecule has 4 fully saturated rings. The van der Waals surface area contributed by atoms with Crippen LogP contribution in [0.4, 0.5) is 5.82 Å². The van der Waals surface area contributed by atoms with Gasteiger partial charge in [0.1, 0.15) is 0 Å². The maximum atomic E-state index is 5.69. The SMILES string of the molecule is CN(N)c1ccc(C2C3CC4CC(C3)CC2C4)nn1. The van der Waals surface area contributed by atoms with Gasteiger partial charge in [0.15, 0.2) is 5.82 Å². The lowest BCUT2D eigenvalue weighted by Gasteiger charge is -2.54. The van der Waals surface area contributed by atoms with Crippen LogP contribution in [-0.4, -0.2) is 17.2 Å². The number of aromatic nitrogens is 2. The lowest BCUT2D eigenvalue weighted by atomic mass is 9.51. The minimum Gasteiger partial charge on any atom is -0.297 e. The summed E-state index contributed by atoms with van der Waals surface area (Å²) in [5, 5.41) is 10.3. The van der Waals surface area contributed by atoms with E-state index in [9.17, 15) is 0 Å². The summed E-state index contributed by atoms with van der Waals surface area (Å²) < 4.78 is 0. The van der Waals surface area contributed by atoms with Crippen LogP contribution in [0.25, 0.3) is 0 Å². The fourth-order valence-electron chi connectivity index (χ4n) is 5.11. The predicted molar refractivity (Wildman–Crippen MR) is 74.4 cm³/mol. The average molecular weight is 258 g/mol. The number of hydrazine groups is 1. The van der Waals surface area contributed by atoms with Crippen molar-refractivity contribution in [2.45, 2.75) is 38.0 Å². The molecule has 0 saturated heterocycles. The van der Waals surface area contributed by atoms with Crippen molar-refractivity contribution in [3.8, 4) is 0 Å². The van der Waals surface area contributed by atoms with Gasteiger partial charge >= 0.3 is 0 Å². The summed E-state index contributed by atoms with van der Waals surface area (Å²) in [6.07, 6.45) is 7.22. The van der Waals surface area contributed by atoms with Crippen LogP contribution in [0.3, 0.4) is 0 Å². The highest BCUT2D eigenvalue weighted by atomic mass is 15.4. The third-order valence-corrected chi connectivity index (χ3v) is 5.60. The zero-order chi connectivity index (χ0) is 13.0. The van der Waals surface area contributed by atoms with E-state index in [0.717, 1.165) is 29.5 Å². The zero-order valence-corrected chi connectivity index (χ0v) is 11.5. The Morgan fingerprint density at radius 1 is 1.00 bits per heavy atom. The van der Waals surface area contributed by atoms with E-state index >= 15 is 0 Å². The third-order valence-electron chi connectivity index (χ3n) is 5.60. The molecule has 5 rings (SSSR count).